The largest absolute Gasteiger partial charge is 0.481 e. The lowest BCUT2D eigenvalue weighted by molar-refractivity contribution is -0.144. The number of carboxylic acids is 1. The van der Waals surface area contributed by atoms with Crippen molar-refractivity contribution >= 4 is 17.3 Å². The van der Waals surface area contributed by atoms with Gasteiger partial charge in [0.2, 0.25) is 0 Å². The number of carboxylic acid groups (broad SMARTS) is 1. The highest BCUT2D eigenvalue weighted by atomic mass is 32.1. The van der Waals surface area contributed by atoms with Gasteiger partial charge in [-0.05, 0) is 61.0 Å². The van der Waals surface area contributed by atoms with Crippen molar-refractivity contribution in [2.45, 2.75) is 37.7 Å². The minimum absolute atomic E-state index is 0.272. The van der Waals surface area contributed by atoms with Crippen LogP contribution in [-0.2, 0) is 11.2 Å². The molecule has 1 aliphatic rings. The van der Waals surface area contributed by atoms with E-state index in [4.69, 9.17) is 5.11 Å². The van der Waals surface area contributed by atoms with Crippen molar-refractivity contribution in [1.82, 2.24) is 5.32 Å². The van der Waals surface area contributed by atoms with Crippen molar-refractivity contribution in [3.8, 4) is 0 Å². The van der Waals surface area contributed by atoms with Crippen molar-refractivity contribution in [3.63, 3.8) is 0 Å². The molecule has 5 heteroatoms. The predicted molar refractivity (Wildman–Crippen MR) is 75.4 cm³/mol. The Balaban J connectivity index is 1.66. The summed E-state index contributed by atoms with van der Waals surface area (Å²) in [7, 11) is 0. The quantitative estimate of drug-likeness (QED) is 0.697. The fourth-order valence-electron chi connectivity index (χ4n) is 2.57. The van der Waals surface area contributed by atoms with Crippen LogP contribution in [0.2, 0.25) is 0 Å². The summed E-state index contributed by atoms with van der Waals surface area (Å²) in [6.45, 7) is 1.41. The van der Waals surface area contributed by atoms with Crippen LogP contribution < -0.4 is 5.32 Å². The van der Waals surface area contributed by atoms with Crippen LogP contribution >= 0.6 is 11.3 Å². The summed E-state index contributed by atoms with van der Waals surface area (Å²) in [6, 6.07) is 2.11. The molecule has 106 valence electrons. The van der Waals surface area contributed by atoms with Crippen LogP contribution in [0.1, 0.15) is 31.2 Å². The molecule has 0 bridgehead atoms. The first-order valence-corrected chi connectivity index (χ1v) is 7.70. The maximum absolute atomic E-state index is 10.9. The van der Waals surface area contributed by atoms with Crippen molar-refractivity contribution in [1.29, 1.82) is 0 Å². The minimum Gasteiger partial charge on any atom is -0.481 e. The minimum atomic E-state index is -0.729. The second-order valence-electron chi connectivity index (χ2n) is 5.40. The van der Waals surface area contributed by atoms with E-state index in [9.17, 15) is 9.90 Å². The van der Waals surface area contributed by atoms with Gasteiger partial charge in [-0.1, -0.05) is 0 Å². The molecule has 1 aromatic heterocycles. The van der Waals surface area contributed by atoms with Crippen LogP contribution in [0.4, 0.5) is 0 Å². The molecule has 1 aromatic rings. The molecule has 4 nitrogen and oxygen atoms in total. The summed E-state index contributed by atoms with van der Waals surface area (Å²) in [6.07, 6.45) is 3.29. The smallest absolute Gasteiger partial charge is 0.306 e. The standard InChI is InChI=1S/C14H21NO3S/c16-13(17)12-1-5-14(18,6-2-12)10-15-7-3-11-4-8-19-9-11/h4,8-9,12,15,18H,1-3,5-7,10H2,(H,16,17). The zero-order valence-electron chi connectivity index (χ0n) is 11.0. The number of thiophene rings is 1. The topological polar surface area (TPSA) is 69.6 Å². The summed E-state index contributed by atoms with van der Waals surface area (Å²) < 4.78 is 0. The Morgan fingerprint density at radius 1 is 1.47 bits per heavy atom. The van der Waals surface area contributed by atoms with E-state index in [1.807, 2.05) is 0 Å². The lowest BCUT2D eigenvalue weighted by atomic mass is 9.79. The van der Waals surface area contributed by atoms with Crippen LogP contribution in [0.3, 0.4) is 0 Å². The molecule has 0 spiro atoms. The van der Waals surface area contributed by atoms with E-state index < -0.39 is 11.6 Å². The maximum Gasteiger partial charge on any atom is 0.306 e. The fourth-order valence-corrected chi connectivity index (χ4v) is 3.27. The number of hydrogen-bond donors (Lipinski definition) is 3. The van der Waals surface area contributed by atoms with Crippen LogP contribution in [0, 0.1) is 5.92 Å². The number of hydrogen-bond acceptors (Lipinski definition) is 4. The van der Waals surface area contributed by atoms with Gasteiger partial charge in [0.25, 0.3) is 0 Å². The van der Waals surface area contributed by atoms with E-state index in [1.165, 1.54) is 5.56 Å². The van der Waals surface area contributed by atoms with Gasteiger partial charge in [-0.25, -0.2) is 0 Å². The molecule has 0 radical (unpaired) electrons. The lowest BCUT2D eigenvalue weighted by Crippen LogP contribution is -2.44. The first-order chi connectivity index (χ1) is 9.09. The zero-order valence-corrected chi connectivity index (χ0v) is 11.8. The number of nitrogens with one attached hydrogen (secondary N) is 1. The van der Waals surface area contributed by atoms with Gasteiger partial charge in [-0.3, -0.25) is 4.79 Å². The van der Waals surface area contributed by atoms with Crippen molar-refractivity contribution in [2.24, 2.45) is 5.92 Å². The summed E-state index contributed by atoms with van der Waals surface area (Å²) in [4.78, 5) is 10.9. The Morgan fingerprint density at radius 2 is 2.21 bits per heavy atom. The number of carbonyl (C=O) groups is 1. The highest BCUT2D eigenvalue weighted by Crippen LogP contribution is 2.31. The molecular formula is C14H21NO3S. The number of aliphatic carboxylic acids is 1. The van der Waals surface area contributed by atoms with Gasteiger partial charge >= 0.3 is 5.97 Å². The summed E-state index contributed by atoms with van der Waals surface area (Å²) in [5, 5.41) is 26.8. The van der Waals surface area contributed by atoms with Crippen LogP contribution in [0.25, 0.3) is 0 Å². The number of aliphatic hydroxyl groups is 1. The first kappa shape index (κ1) is 14.5. The van der Waals surface area contributed by atoms with Gasteiger partial charge in [0, 0.05) is 6.54 Å². The normalized spacial score (nSPS) is 27.3. The van der Waals surface area contributed by atoms with Gasteiger partial charge in [-0.15, -0.1) is 0 Å². The van der Waals surface area contributed by atoms with E-state index in [0.717, 1.165) is 13.0 Å². The molecule has 0 saturated heterocycles. The van der Waals surface area contributed by atoms with E-state index in [2.05, 4.69) is 22.1 Å². The molecule has 0 amide bonds. The predicted octanol–water partition coefficient (Wildman–Crippen LogP) is 1.89. The molecule has 3 N–H and O–H groups in total. The van der Waals surface area contributed by atoms with E-state index in [0.29, 0.717) is 32.2 Å². The lowest BCUT2D eigenvalue weighted by Gasteiger charge is -2.34. The average molecular weight is 283 g/mol. The highest BCUT2D eigenvalue weighted by molar-refractivity contribution is 7.07. The molecule has 0 aliphatic heterocycles. The monoisotopic (exact) mass is 283 g/mol. The van der Waals surface area contributed by atoms with Gasteiger partial charge in [0.15, 0.2) is 0 Å². The van der Waals surface area contributed by atoms with Crippen LogP contribution in [0.5, 0.6) is 0 Å². The van der Waals surface area contributed by atoms with E-state index >= 15 is 0 Å². The van der Waals surface area contributed by atoms with Crippen molar-refractivity contribution in [3.05, 3.63) is 22.4 Å². The maximum atomic E-state index is 10.9. The Labute approximate surface area is 117 Å². The molecule has 19 heavy (non-hydrogen) atoms. The third kappa shape index (κ3) is 4.30. The molecule has 1 fully saturated rings. The molecular weight excluding hydrogens is 262 g/mol. The Morgan fingerprint density at radius 3 is 2.79 bits per heavy atom. The number of rotatable bonds is 6. The second kappa shape index (κ2) is 6.50. The molecule has 0 atom stereocenters. The Bertz CT molecular complexity index is 397. The van der Waals surface area contributed by atoms with Crippen LogP contribution in [0.15, 0.2) is 16.8 Å². The molecule has 1 aliphatic carbocycles. The van der Waals surface area contributed by atoms with E-state index in [-0.39, 0.29) is 5.92 Å². The van der Waals surface area contributed by atoms with Gasteiger partial charge < -0.3 is 15.5 Å². The summed E-state index contributed by atoms with van der Waals surface area (Å²) >= 11 is 1.70. The zero-order chi connectivity index (χ0) is 13.7. The second-order valence-corrected chi connectivity index (χ2v) is 6.18. The van der Waals surface area contributed by atoms with Gasteiger partial charge in [0.05, 0.1) is 11.5 Å². The molecule has 1 heterocycles. The molecule has 0 unspecified atom stereocenters. The van der Waals surface area contributed by atoms with Gasteiger partial charge in [-0.2, -0.15) is 11.3 Å². The molecule has 1 saturated carbocycles. The third-order valence-corrected chi connectivity index (χ3v) is 4.62. The highest BCUT2D eigenvalue weighted by Gasteiger charge is 2.35. The Kier molecular flexibility index (Phi) is 4.96. The van der Waals surface area contributed by atoms with Crippen molar-refractivity contribution in [2.75, 3.05) is 13.1 Å². The van der Waals surface area contributed by atoms with Crippen LogP contribution in [-0.4, -0.2) is 34.9 Å². The summed E-state index contributed by atoms with van der Waals surface area (Å²) in [5.74, 6) is -1.00. The Hall–Kier alpha value is -0.910. The SMILES string of the molecule is O=C(O)C1CCC(O)(CNCCc2ccsc2)CC1. The molecule has 0 aromatic carbocycles. The van der Waals surface area contributed by atoms with E-state index in [1.54, 1.807) is 11.3 Å². The van der Waals surface area contributed by atoms with Crippen molar-refractivity contribution < 1.29 is 15.0 Å². The third-order valence-electron chi connectivity index (χ3n) is 3.89. The average Bonchev–Trinajstić information content (AvgIpc) is 2.88. The van der Waals surface area contributed by atoms with Gasteiger partial charge in [0.1, 0.15) is 0 Å². The first-order valence-electron chi connectivity index (χ1n) is 6.76. The summed E-state index contributed by atoms with van der Waals surface area (Å²) in [5.41, 5.74) is 0.597. The fraction of sp³-hybridized carbons (Fsp3) is 0.643. The molecule has 2 rings (SSSR count).